The molecule has 0 N–H and O–H groups in total. The van der Waals surface area contributed by atoms with E-state index < -0.39 is 81.0 Å². The zero-order valence-electron chi connectivity index (χ0n) is 13.9. The summed E-state index contributed by atoms with van der Waals surface area (Å²) < 4.78 is 28.4. The van der Waals surface area contributed by atoms with Gasteiger partial charge < -0.3 is 0 Å². The minimum absolute atomic E-state index is 0.485. The molecule has 0 amide bonds. The van der Waals surface area contributed by atoms with Crippen LogP contribution < -0.4 is 0 Å². The van der Waals surface area contributed by atoms with E-state index in [0.717, 1.165) is 26.4 Å². The molecule has 24 heavy (non-hydrogen) atoms. The molecule has 0 radical (unpaired) electrons. The molecule has 128 valence electrons. The van der Waals surface area contributed by atoms with Gasteiger partial charge in [0.05, 0.1) is 0 Å². The van der Waals surface area contributed by atoms with Crippen molar-refractivity contribution < 1.29 is 99.9 Å². The molecule has 2 aliphatic rings. The molecule has 2 rings (SSSR count). The van der Waals surface area contributed by atoms with E-state index in [1.807, 2.05) is 0 Å². The summed E-state index contributed by atoms with van der Waals surface area (Å²) in [4.78, 5) is 0. The monoisotopic (exact) mass is 1540 g/mol. The summed E-state index contributed by atoms with van der Waals surface area (Å²) in [5.41, 5.74) is 0. The number of halogens is 4. The van der Waals surface area contributed by atoms with E-state index in [0.29, 0.717) is 24.4 Å². The Bertz CT molecular complexity index is 252. The van der Waals surface area contributed by atoms with Gasteiger partial charge in [-0.1, -0.05) is 0 Å². The second kappa shape index (κ2) is 20.1. The van der Waals surface area contributed by atoms with Gasteiger partial charge in [-0.25, -0.2) is 0 Å². The Balaban J connectivity index is 0.000000240. The number of ether oxygens (including phenoxy) is 4. The molecule has 2 fully saturated rings. The molecule has 2 aliphatic heterocycles. The van der Waals surface area contributed by atoms with Gasteiger partial charge in [0.15, 0.2) is 0 Å². The number of rotatable bonds is 8. The van der Waals surface area contributed by atoms with Crippen LogP contribution in [-0.4, -0.2) is 50.8 Å². The van der Waals surface area contributed by atoms with Gasteiger partial charge in [-0.15, -0.1) is 0 Å². The average molecular weight is 1540 g/mol. The van der Waals surface area contributed by atoms with Gasteiger partial charge in [0.2, 0.25) is 0 Å². The van der Waals surface area contributed by atoms with Crippen molar-refractivity contribution in [2.24, 2.45) is 0 Å². The van der Waals surface area contributed by atoms with Crippen LogP contribution in [0.1, 0.15) is 0 Å². The molecule has 0 aromatic rings. The second-order valence-corrected chi connectivity index (χ2v) is 58.5. The van der Waals surface area contributed by atoms with E-state index in [4.69, 9.17) is 18.9 Å². The summed E-state index contributed by atoms with van der Waals surface area (Å²) >= 11 is 8.38. The molecular weight excluding hydrogens is 1520 g/mol. The first-order valence-corrected chi connectivity index (χ1v) is 85.8. The van der Waals surface area contributed by atoms with Gasteiger partial charge in [0.1, 0.15) is 0 Å². The van der Waals surface area contributed by atoms with Gasteiger partial charge >= 0.3 is 237 Å². The van der Waals surface area contributed by atoms with Crippen molar-refractivity contribution in [1.29, 1.82) is 0 Å². The normalized spacial score (nSPS) is 29.2. The summed E-state index contributed by atoms with van der Waals surface area (Å²) in [6, 6.07) is 0. The molecule has 0 spiro atoms. The van der Waals surface area contributed by atoms with Gasteiger partial charge in [-0.2, -0.15) is 0 Å². The first-order chi connectivity index (χ1) is 11.7. The van der Waals surface area contributed by atoms with Gasteiger partial charge in [-0.05, 0) is 0 Å². The zero-order chi connectivity index (χ0) is 17.6. The van der Waals surface area contributed by atoms with Crippen LogP contribution in [0.15, 0.2) is 0 Å². The molecule has 0 saturated carbocycles. The van der Waals surface area contributed by atoms with Crippen LogP contribution in [0.3, 0.4) is 0 Å². The molecule has 2 heterocycles. The third-order valence-corrected chi connectivity index (χ3v) is 39.0. The molecule has 4 atom stereocenters. The molecule has 4 nitrogen and oxygen atoms in total. The maximum atomic E-state index is 5.94. The van der Waals surface area contributed by atoms with Crippen LogP contribution in [0.2, 0.25) is 15.7 Å². The topological polar surface area (TPSA) is 36.9 Å². The van der Waals surface area contributed by atoms with Crippen LogP contribution in [0, 0.1) is 0 Å². The summed E-state index contributed by atoms with van der Waals surface area (Å²) in [7, 11) is 0. The Labute approximate surface area is 230 Å². The number of hydrogen-bond donors (Lipinski definition) is 0. The van der Waals surface area contributed by atoms with Crippen LogP contribution in [-0.2, 0) is 99.9 Å². The van der Waals surface area contributed by atoms with Crippen LogP contribution in [0.5, 0.6) is 0 Å². The SMILES string of the molecule is [I][Hg][CH2]C1COCC([CH2][Hg][I])O1.[I][Hg][CH2]C1COCC([CH2][Hg][I])O1. The van der Waals surface area contributed by atoms with E-state index in [1.54, 1.807) is 0 Å². The standard InChI is InChI=1S/2C6H10O2.4Hg.4HI/c2*1-5-3-7-4-6(2)8-5;;;;;;;;/h2*5-6H,1-4H2;;;;;4*1H/q;;4*+1;;;;/p-4. The van der Waals surface area contributed by atoms with Crippen molar-refractivity contribution in [2.75, 3.05) is 26.4 Å². The summed E-state index contributed by atoms with van der Waals surface area (Å²) in [6.07, 6.45) is 1.94. The molecular formula is C12H20Hg4I4O4. The molecule has 0 aromatic heterocycles. The quantitative estimate of drug-likeness (QED) is 0.255. The Morgan fingerprint density at radius 3 is 1.00 bits per heavy atom. The Morgan fingerprint density at radius 2 is 0.792 bits per heavy atom. The van der Waals surface area contributed by atoms with E-state index in [-0.39, 0.29) is 0 Å². The van der Waals surface area contributed by atoms with E-state index in [9.17, 15) is 0 Å². The fourth-order valence-corrected chi connectivity index (χ4v) is 35.3. The molecule has 12 heteroatoms. The average Bonchev–Trinajstić information content (AvgIpc) is 2.58. The van der Waals surface area contributed by atoms with E-state index in [1.165, 1.54) is 15.7 Å². The first-order valence-electron chi connectivity index (χ1n) is 8.43. The fraction of sp³-hybridized carbons (Fsp3) is 1.00. The third-order valence-electron chi connectivity index (χ3n) is 3.71. The third kappa shape index (κ3) is 14.5. The van der Waals surface area contributed by atoms with E-state index in [2.05, 4.69) is 70.7 Å². The first kappa shape index (κ1) is 28.5. The molecule has 0 aliphatic carbocycles. The summed E-state index contributed by atoms with van der Waals surface area (Å²) in [5.74, 6) is 0. The zero-order valence-corrected chi connectivity index (χ0v) is 44.6. The van der Waals surface area contributed by atoms with Crippen molar-refractivity contribution in [2.45, 2.75) is 40.1 Å². The van der Waals surface area contributed by atoms with Crippen LogP contribution in [0.25, 0.3) is 0 Å². The molecule has 0 aromatic carbocycles. The van der Waals surface area contributed by atoms with Crippen LogP contribution >= 0.6 is 70.7 Å². The predicted molar refractivity (Wildman–Crippen MR) is 114 cm³/mol. The Hall–Kier alpha value is 6.50. The Kier molecular flexibility index (Phi) is 23.9. The fourth-order valence-electron chi connectivity index (χ4n) is 2.46. The van der Waals surface area contributed by atoms with Gasteiger partial charge in [-0.3, -0.25) is 0 Å². The maximum absolute atomic E-state index is 5.94. The minimum atomic E-state index is -0.522. The Morgan fingerprint density at radius 1 is 0.542 bits per heavy atom. The summed E-state index contributed by atoms with van der Waals surface area (Å²) in [6.45, 7) is 3.49. The molecule has 0 bridgehead atoms. The molecule has 2 saturated heterocycles. The summed E-state index contributed by atoms with van der Waals surface area (Å²) in [5, 5.41) is 0. The van der Waals surface area contributed by atoms with Crippen molar-refractivity contribution in [3.05, 3.63) is 0 Å². The van der Waals surface area contributed by atoms with E-state index >= 15 is 0 Å². The number of hydrogen-bond acceptors (Lipinski definition) is 4. The van der Waals surface area contributed by atoms with Crippen molar-refractivity contribution >= 4 is 70.7 Å². The predicted octanol–water partition coefficient (Wildman–Crippen LogP) is 4.94. The van der Waals surface area contributed by atoms with Gasteiger partial charge in [0.25, 0.3) is 0 Å². The van der Waals surface area contributed by atoms with Crippen molar-refractivity contribution in [3.8, 4) is 0 Å². The van der Waals surface area contributed by atoms with Crippen molar-refractivity contribution in [1.82, 2.24) is 0 Å². The van der Waals surface area contributed by atoms with Crippen LogP contribution in [0.4, 0.5) is 0 Å². The van der Waals surface area contributed by atoms with Gasteiger partial charge in [0, 0.05) is 0 Å². The second-order valence-electron chi connectivity index (χ2n) is 5.75. The molecule has 4 unspecified atom stereocenters. The van der Waals surface area contributed by atoms with Crippen molar-refractivity contribution in [3.63, 3.8) is 0 Å².